The van der Waals surface area contributed by atoms with E-state index >= 15 is 0 Å². The summed E-state index contributed by atoms with van der Waals surface area (Å²) in [4.78, 5) is 35.9. The van der Waals surface area contributed by atoms with Gasteiger partial charge in [-0.1, -0.05) is 160 Å². The van der Waals surface area contributed by atoms with Crippen LogP contribution in [-0.2, 0) is 93.5 Å². The molecular weight excluding hydrogens is 1920 g/mol. The van der Waals surface area contributed by atoms with Crippen molar-refractivity contribution in [1.29, 1.82) is 0 Å². The molecule has 0 saturated heterocycles. The standard InChI is InChI=1S/2C20H15N2.2C16H15N2.C11H24O2.C5H12O2.Ir.2Pt.Rh/c2*1-13-7-8-14(2)18(11-13)20-17-10-9-15-5-3-4-6-16(15)19(17)21-12-22-20;1-16(2,3)15-13-9-8-11-6-4-5-7-12(11)14(13)17-10-18-15;1-11(2)9-15-14-8-7-12-5-3-4-6-13(12)16(14)18-10-17-15;1-10(2,3)8(12)7-9(13)11(4,5)6;1-4(6)3-5(2)7;;;;/h2*3-5,7-12H,1-2H3;4-6,8-10H,1-3H3;3-5,7-8,10-11H,9H2,1-2H3;8-9,12-13H,7H2,1-6H3;4-7H,3H2,1-2H3;;;;/q4*-1;;;;;;. The number of hydrogen-bond donors (Lipinski definition) is 4. The van der Waals surface area contributed by atoms with Crippen molar-refractivity contribution in [2.45, 2.75) is 167 Å². The van der Waals surface area contributed by atoms with Crippen molar-refractivity contribution in [3.63, 3.8) is 0 Å². The van der Waals surface area contributed by atoms with Crippen molar-refractivity contribution in [1.82, 2.24) is 39.9 Å². The molecule has 104 heavy (non-hydrogen) atoms. The Kier molecular flexibility index (Phi) is 33.0. The number of benzene rings is 10. The molecule has 14 aromatic rings. The molecule has 12 nitrogen and oxygen atoms in total. The fraction of sp³-hybridized carbons (Fsp3) is 0.318. The van der Waals surface area contributed by atoms with Crippen LogP contribution in [0.25, 0.3) is 109 Å². The van der Waals surface area contributed by atoms with Gasteiger partial charge in [0.05, 0.1) is 35.8 Å². The second-order valence-electron chi connectivity index (χ2n) is 29.8. The Bertz CT molecular complexity index is 4950. The third-order valence-electron chi connectivity index (χ3n) is 17.6. The summed E-state index contributed by atoms with van der Waals surface area (Å²) in [6.45, 7) is 34.6. The van der Waals surface area contributed by atoms with Gasteiger partial charge in [0.2, 0.25) is 0 Å². The maximum atomic E-state index is 9.76. The SMILES string of the molecule is CC(C)(C)C(O)CC(O)C(C)(C)C.CC(C)(C)c1ncnc2c1ccc1ccc[c-]c12.CC(C)Cc1ncnc2c1ccc1ccc[c-]c12.CC(O)CC(C)O.Cc1ccc(C)c(-c2ncnc3c2ccc2ccc[c-]c23)c1.Cc1ccc(C)c(-c2ncnc3c2ccc2ccc[c-]c23)c1.[Ir].[Pt].[Pt].[Rh]. The van der Waals surface area contributed by atoms with E-state index in [9.17, 15) is 10.2 Å². The number of rotatable bonds is 8. The van der Waals surface area contributed by atoms with E-state index in [1.54, 1.807) is 39.2 Å². The molecule has 14 rings (SSSR count). The minimum atomic E-state index is -0.443. The molecule has 0 bridgehead atoms. The summed E-state index contributed by atoms with van der Waals surface area (Å²) in [5.41, 5.74) is 15.1. The quantitative estimate of drug-likeness (QED) is 0.0642. The number of aliphatic hydroxyl groups excluding tert-OH is 4. The molecule has 0 aliphatic carbocycles. The van der Waals surface area contributed by atoms with E-state index in [-0.39, 0.29) is 110 Å². The van der Waals surface area contributed by atoms with Crippen LogP contribution in [0.5, 0.6) is 0 Å². The molecule has 4 aromatic heterocycles. The van der Waals surface area contributed by atoms with Gasteiger partial charge in [-0.05, 0) is 138 Å². The van der Waals surface area contributed by atoms with Gasteiger partial charge in [-0.3, -0.25) is 19.9 Å². The molecule has 2 radical (unpaired) electrons. The Morgan fingerprint density at radius 2 is 0.712 bits per heavy atom. The summed E-state index contributed by atoms with van der Waals surface area (Å²) >= 11 is 0. The Hall–Kier alpha value is -6.91. The molecule has 0 fully saturated rings. The van der Waals surface area contributed by atoms with Crippen LogP contribution in [0.1, 0.15) is 136 Å². The maximum absolute atomic E-state index is 9.76. The zero-order valence-corrected chi connectivity index (χ0v) is 71.1. The van der Waals surface area contributed by atoms with Gasteiger partial charge < -0.3 is 20.4 Å². The Morgan fingerprint density at radius 3 is 1.05 bits per heavy atom. The number of hydrogen-bond acceptors (Lipinski definition) is 12. The maximum Gasteiger partial charge on any atom is 0.106 e. The molecule has 10 aromatic carbocycles. The normalized spacial score (nSPS) is 12.4. The van der Waals surface area contributed by atoms with Gasteiger partial charge >= 0.3 is 0 Å². The summed E-state index contributed by atoms with van der Waals surface area (Å²) in [6.07, 6.45) is 6.90. The number of aliphatic hydroxyl groups is 4. The number of fused-ring (bicyclic) bond motifs is 12. The molecule has 4 atom stereocenters. The van der Waals surface area contributed by atoms with E-state index in [1.807, 2.05) is 90.1 Å². The van der Waals surface area contributed by atoms with E-state index in [0.29, 0.717) is 18.8 Å². The zero-order chi connectivity index (χ0) is 72.2. The van der Waals surface area contributed by atoms with E-state index in [1.165, 1.54) is 44.2 Å². The predicted octanol–water partition coefficient (Wildman–Crippen LogP) is 19.7. The van der Waals surface area contributed by atoms with Crippen molar-refractivity contribution in [2.75, 3.05) is 0 Å². The third-order valence-corrected chi connectivity index (χ3v) is 17.6. The fourth-order valence-corrected chi connectivity index (χ4v) is 11.9. The summed E-state index contributed by atoms with van der Waals surface area (Å²) in [7, 11) is 0. The van der Waals surface area contributed by atoms with Gasteiger partial charge in [-0.25, -0.2) is 19.9 Å². The molecule has 4 unspecified atom stereocenters. The van der Waals surface area contributed by atoms with Crippen LogP contribution in [0.2, 0.25) is 0 Å². The summed E-state index contributed by atoms with van der Waals surface area (Å²) in [5.74, 6) is 0.596. The molecule has 16 heteroatoms. The first-order valence-electron chi connectivity index (χ1n) is 34.5. The van der Waals surface area contributed by atoms with Crippen LogP contribution in [0.15, 0.2) is 183 Å². The molecular formula is C88H96IrN8O4Pt2Rh-4. The van der Waals surface area contributed by atoms with Crippen LogP contribution < -0.4 is 0 Å². The average Bonchev–Trinajstić information content (AvgIpc) is 0.720. The van der Waals surface area contributed by atoms with Crippen molar-refractivity contribution < 1.29 is 102 Å². The monoisotopic (exact) mass is 2010 g/mol. The van der Waals surface area contributed by atoms with Crippen LogP contribution in [0.3, 0.4) is 0 Å². The Labute approximate surface area is 669 Å². The van der Waals surface area contributed by atoms with E-state index in [0.717, 1.165) is 105 Å². The predicted molar refractivity (Wildman–Crippen MR) is 414 cm³/mol. The first-order chi connectivity index (χ1) is 47.5. The van der Waals surface area contributed by atoms with E-state index in [4.69, 9.17) is 10.2 Å². The molecule has 0 spiro atoms. The van der Waals surface area contributed by atoms with Crippen molar-refractivity contribution in [3.05, 3.63) is 241 Å². The first kappa shape index (κ1) is 87.7. The molecule has 0 amide bonds. The first-order valence-corrected chi connectivity index (χ1v) is 34.5. The van der Waals surface area contributed by atoms with Gasteiger partial charge in [-0.15, -0.1) is 140 Å². The number of nitrogens with zero attached hydrogens (tertiary/aromatic N) is 8. The molecule has 0 aliphatic heterocycles. The van der Waals surface area contributed by atoms with Gasteiger partial charge in [0, 0.05) is 116 Å². The second-order valence-corrected chi connectivity index (χ2v) is 29.8. The van der Waals surface area contributed by atoms with E-state index < -0.39 is 12.2 Å². The Morgan fingerprint density at radius 1 is 0.385 bits per heavy atom. The topological polar surface area (TPSA) is 184 Å². The minimum Gasteiger partial charge on any atom is -0.393 e. The van der Waals surface area contributed by atoms with Gasteiger partial charge in [0.1, 0.15) is 25.3 Å². The van der Waals surface area contributed by atoms with Crippen LogP contribution in [-0.4, -0.2) is 84.7 Å². The fourth-order valence-electron chi connectivity index (χ4n) is 11.9. The summed E-state index contributed by atoms with van der Waals surface area (Å²) in [6, 6.07) is 67.2. The largest absolute Gasteiger partial charge is 0.393 e. The van der Waals surface area contributed by atoms with Gasteiger partial charge in [-0.2, -0.15) is 0 Å². The summed E-state index contributed by atoms with van der Waals surface area (Å²) < 4.78 is 0. The van der Waals surface area contributed by atoms with Crippen LogP contribution >= 0.6 is 0 Å². The molecule has 4 N–H and O–H groups in total. The minimum absolute atomic E-state index is 0. The molecule has 0 aliphatic rings. The molecule has 4 heterocycles. The van der Waals surface area contributed by atoms with Crippen molar-refractivity contribution in [3.8, 4) is 22.5 Å². The smallest absolute Gasteiger partial charge is 0.106 e. The zero-order valence-electron chi connectivity index (χ0n) is 62.5. The number of aryl methyl sites for hydroxylation is 4. The summed E-state index contributed by atoms with van der Waals surface area (Å²) in [5, 5.41) is 50.0. The average molecular weight is 2020 g/mol. The third kappa shape index (κ3) is 22.6. The number of aromatic nitrogens is 8. The van der Waals surface area contributed by atoms with Gasteiger partial charge in [0.25, 0.3) is 0 Å². The second kappa shape index (κ2) is 39.1. The van der Waals surface area contributed by atoms with E-state index in [2.05, 4.69) is 236 Å². The van der Waals surface area contributed by atoms with Crippen LogP contribution in [0, 0.1) is 68.7 Å². The Balaban J connectivity index is 0.000000228. The van der Waals surface area contributed by atoms with Crippen molar-refractivity contribution >= 4 is 86.7 Å². The molecule has 0 saturated carbocycles. The van der Waals surface area contributed by atoms with Gasteiger partial charge in [0.15, 0.2) is 0 Å². The van der Waals surface area contributed by atoms with Crippen molar-refractivity contribution in [2.24, 2.45) is 16.7 Å². The van der Waals surface area contributed by atoms with Crippen LogP contribution in [0.4, 0.5) is 0 Å². The molecule has 554 valence electrons.